The third-order valence-electron chi connectivity index (χ3n) is 1.86. The van der Waals surface area contributed by atoms with Gasteiger partial charge in [-0.2, -0.15) is 0 Å². The Morgan fingerprint density at radius 1 is 1.80 bits per heavy atom. The first-order valence-corrected chi connectivity index (χ1v) is 3.59. The van der Waals surface area contributed by atoms with Gasteiger partial charge in [-0.1, -0.05) is 12.2 Å². The van der Waals surface area contributed by atoms with Crippen LogP contribution >= 0.6 is 0 Å². The van der Waals surface area contributed by atoms with Crippen molar-refractivity contribution in [2.24, 2.45) is 4.99 Å². The second-order valence-electron chi connectivity index (χ2n) is 2.84. The van der Waals surface area contributed by atoms with E-state index in [0.29, 0.717) is 6.04 Å². The summed E-state index contributed by atoms with van der Waals surface area (Å²) < 4.78 is 0. The summed E-state index contributed by atoms with van der Waals surface area (Å²) in [4.78, 5) is 6.27. The van der Waals surface area contributed by atoms with Crippen molar-refractivity contribution in [2.75, 3.05) is 13.6 Å². The van der Waals surface area contributed by atoms with Crippen LogP contribution in [0.25, 0.3) is 0 Å². The number of aliphatic imine (C=N–C) groups is 1. The minimum atomic E-state index is 0.512. The van der Waals surface area contributed by atoms with E-state index in [0.717, 1.165) is 13.0 Å². The van der Waals surface area contributed by atoms with Gasteiger partial charge in [0.15, 0.2) is 0 Å². The van der Waals surface area contributed by atoms with Gasteiger partial charge in [0.05, 0.1) is 12.4 Å². The van der Waals surface area contributed by atoms with E-state index < -0.39 is 0 Å². The Morgan fingerprint density at radius 2 is 2.50 bits per heavy atom. The highest BCUT2D eigenvalue weighted by molar-refractivity contribution is 5.56. The van der Waals surface area contributed by atoms with Crippen molar-refractivity contribution in [2.45, 2.75) is 19.4 Å². The summed E-state index contributed by atoms with van der Waals surface area (Å²) in [5.41, 5.74) is 1.23. The van der Waals surface area contributed by atoms with Crippen molar-refractivity contribution in [3.05, 3.63) is 12.2 Å². The predicted octanol–water partition coefficient (Wildman–Crippen LogP) is 1.29. The summed E-state index contributed by atoms with van der Waals surface area (Å²) in [6.07, 6.45) is 3.01. The van der Waals surface area contributed by atoms with Crippen LogP contribution in [0.3, 0.4) is 0 Å². The highest BCUT2D eigenvalue weighted by atomic mass is 15.2. The van der Waals surface area contributed by atoms with Gasteiger partial charge in [0.1, 0.15) is 0 Å². The Bertz CT molecular complexity index is 161. The molecule has 1 aliphatic heterocycles. The van der Waals surface area contributed by atoms with Crippen LogP contribution in [0.1, 0.15) is 13.3 Å². The molecule has 0 radical (unpaired) electrons. The molecule has 2 heteroatoms. The Morgan fingerprint density at radius 3 is 2.90 bits per heavy atom. The normalized spacial score (nSPS) is 25.0. The summed E-state index contributed by atoms with van der Waals surface area (Å²) in [5.74, 6) is 0. The maximum Gasteiger partial charge on any atom is 0.0852 e. The Labute approximate surface area is 62.3 Å². The molecule has 1 aliphatic rings. The van der Waals surface area contributed by atoms with Crippen LogP contribution in [-0.2, 0) is 0 Å². The third-order valence-corrected chi connectivity index (χ3v) is 1.86. The first-order valence-electron chi connectivity index (χ1n) is 3.59. The topological polar surface area (TPSA) is 15.6 Å². The summed E-state index contributed by atoms with van der Waals surface area (Å²) in [5, 5.41) is 0. The summed E-state index contributed by atoms with van der Waals surface area (Å²) in [6.45, 7) is 6.94. The first-order chi connectivity index (χ1) is 4.72. The number of hydrogen-bond donors (Lipinski definition) is 0. The van der Waals surface area contributed by atoms with Gasteiger partial charge in [0.2, 0.25) is 0 Å². The van der Waals surface area contributed by atoms with Gasteiger partial charge in [0, 0.05) is 13.6 Å². The molecule has 0 saturated heterocycles. The van der Waals surface area contributed by atoms with E-state index in [2.05, 4.69) is 23.4 Å². The SMILES string of the molecule is C=C(C)C1CCN=CN1C. The zero-order valence-corrected chi connectivity index (χ0v) is 6.67. The van der Waals surface area contributed by atoms with Crippen molar-refractivity contribution >= 4 is 6.34 Å². The monoisotopic (exact) mass is 138 g/mol. The minimum absolute atomic E-state index is 0.512. The van der Waals surface area contributed by atoms with Crippen LogP contribution in [0.2, 0.25) is 0 Å². The van der Waals surface area contributed by atoms with Crippen LogP contribution in [0.4, 0.5) is 0 Å². The third kappa shape index (κ3) is 1.38. The van der Waals surface area contributed by atoms with Gasteiger partial charge < -0.3 is 4.90 Å². The maximum absolute atomic E-state index is 4.15. The van der Waals surface area contributed by atoms with Crippen molar-refractivity contribution in [1.82, 2.24) is 4.90 Å². The quantitative estimate of drug-likeness (QED) is 0.499. The standard InChI is InChI=1S/C8H14N2/c1-7(2)8-4-5-9-6-10(8)3/h6,8H,1,4-5H2,2-3H3. The molecule has 0 aromatic rings. The van der Waals surface area contributed by atoms with Crippen LogP contribution in [0.5, 0.6) is 0 Å². The Balaban J connectivity index is 2.60. The molecule has 0 amide bonds. The van der Waals surface area contributed by atoms with E-state index in [4.69, 9.17) is 0 Å². The molecule has 1 rings (SSSR count). The van der Waals surface area contributed by atoms with E-state index in [1.54, 1.807) is 0 Å². The van der Waals surface area contributed by atoms with E-state index >= 15 is 0 Å². The van der Waals surface area contributed by atoms with Crippen molar-refractivity contribution in [3.63, 3.8) is 0 Å². The van der Waals surface area contributed by atoms with Crippen LogP contribution in [0, 0.1) is 0 Å². The zero-order valence-electron chi connectivity index (χ0n) is 6.67. The Kier molecular flexibility index (Phi) is 2.10. The first kappa shape index (κ1) is 7.32. The van der Waals surface area contributed by atoms with Gasteiger partial charge in [-0.25, -0.2) is 0 Å². The molecule has 0 spiro atoms. The van der Waals surface area contributed by atoms with Crippen molar-refractivity contribution < 1.29 is 0 Å². The van der Waals surface area contributed by atoms with Crippen LogP contribution in [0.15, 0.2) is 17.1 Å². The van der Waals surface area contributed by atoms with Gasteiger partial charge in [-0.15, -0.1) is 0 Å². The number of rotatable bonds is 1. The van der Waals surface area contributed by atoms with Crippen molar-refractivity contribution in [3.8, 4) is 0 Å². The molecule has 0 bridgehead atoms. The fourth-order valence-corrected chi connectivity index (χ4v) is 1.26. The smallest absolute Gasteiger partial charge is 0.0852 e. The molecule has 0 fully saturated rings. The predicted molar refractivity (Wildman–Crippen MR) is 44.3 cm³/mol. The van der Waals surface area contributed by atoms with Crippen LogP contribution < -0.4 is 0 Å². The lowest BCUT2D eigenvalue weighted by molar-refractivity contribution is 0.384. The molecular formula is C8H14N2. The lowest BCUT2D eigenvalue weighted by Crippen LogP contribution is -2.34. The molecule has 0 aromatic carbocycles. The average molecular weight is 138 g/mol. The van der Waals surface area contributed by atoms with E-state index in [-0.39, 0.29) is 0 Å². The fraction of sp³-hybridized carbons (Fsp3) is 0.625. The van der Waals surface area contributed by atoms with Gasteiger partial charge in [-0.05, 0) is 13.3 Å². The van der Waals surface area contributed by atoms with Crippen molar-refractivity contribution in [1.29, 1.82) is 0 Å². The second kappa shape index (κ2) is 2.86. The molecule has 56 valence electrons. The molecule has 1 unspecified atom stereocenters. The van der Waals surface area contributed by atoms with E-state index in [9.17, 15) is 0 Å². The van der Waals surface area contributed by atoms with E-state index in [1.807, 2.05) is 13.4 Å². The summed E-state index contributed by atoms with van der Waals surface area (Å²) in [6, 6.07) is 0.512. The minimum Gasteiger partial charge on any atom is -0.359 e. The highest BCUT2D eigenvalue weighted by Crippen LogP contribution is 2.12. The van der Waals surface area contributed by atoms with E-state index in [1.165, 1.54) is 5.57 Å². The summed E-state index contributed by atoms with van der Waals surface area (Å²) >= 11 is 0. The molecule has 1 heterocycles. The maximum atomic E-state index is 4.15. The number of likely N-dealkylation sites (N-methyl/N-ethyl adjacent to an activating group) is 1. The molecule has 2 nitrogen and oxygen atoms in total. The lowest BCUT2D eigenvalue weighted by Gasteiger charge is -2.29. The largest absolute Gasteiger partial charge is 0.359 e. The lowest BCUT2D eigenvalue weighted by atomic mass is 10.1. The average Bonchev–Trinajstić information content (AvgIpc) is 1.88. The van der Waals surface area contributed by atoms with Gasteiger partial charge in [0.25, 0.3) is 0 Å². The molecule has 0 N–H and O–H groups in total. The number of nitrogens with zero attached hydrogens (tertiary/aromatic N) is 2. The molecule has 10 heavy (non-hydrogen) atoms. The van der Waals surface area contributed by atoms with Gasteiger partial charge in [-0.3, -0.25) is 4.99 Å². The zero-order chi connectivity index (χ0) is 7.56. The molecular weight excluding hydrogens is 124 g/mol. The Hall–Kier alpha value is -0.790. The highest BCUT2D eigenvalue weighted by Gasteiger charge is 2.14. The van der Waals surface area contributed by atoms with Crippen LogP contribution in [-0.4, -0.2) is 30.9 Å². The number of hydrogen-bond acceptors (Lipinski definition) is 2. The fourth-order valence-electron chi connectivity index (χ4n) is 1.26. The second-order valence-corrected chi connectivity index (χ2v) is 2.84. The molecule has 0 saturated carbocycles. The van der Waals surface area contributed by atoms with Gasteiger partial charge >= 0.3 is 0 Å². The molecule has 0 aliphatic carbocycles. The molecule has 1 atom stereocenters. The molecule has 0 aromatic heterocycles. The summed E-state index contributed by atoms with van der Waals surface area (Å²) in [7, 11) is 2.04.